The van der Waals surface area contributed by atoms with Crippen molar-refractivity contribution in [2.24, 2.45) is 0 Å². The first-order valence-electron chi connectivity index (χ1n) is 5.67. The molecule has 0 aliphatic heterocycles. The molecule has 4 heteroatoms. The fraction of sp³-hybridized carbons (Fsp3) is 0.538. The third-order valence-corrected chi connectivity index (χ3v) is 4.27. The van der Waals surface area contributed by atoms with Gasteiger partial charge in [-0.3, -0.25) is 0 Å². The molecule has 1 nitrogen and oxygen atoms in total. The van der Waals surface area contributed by atoms with E-state index < -0.39 is 0 Å². The summed E-state index contributed by atoms with van der Waals surface area (Å²) >= 11 is 14.0. The van der Waals surface area contributed by atoms with Gasteiger partial charge in [-0.05, 0) is 37.5 Å². The van der Waals surface area contributed by atoms with Crippen LogP contribution in [0.2, 0.25) is 5.02 Å². The topological polar surface area (TPSA) is 3.24 Å². The van der Waals surface area contributed by atoms with Crippen molar-refractivity contribution < 1.29 is 0 Å². The number of halogens is 2. The number of anilines is 1. The third kappa shape index (κ3) is 3.97. The highest BCUT2D eigenvalue weighted by molar-refractivity contribution is 7.98. The third-order valence-electron chi connectivity index (χ3n) is 3.01. The van der Waals surface area contributed by atoms with E-state index in [1.807, 2.05) is 23.9 Å². The number of hydrogen-bond acceptors (Lipinski definition) is 2. The Morgan fingerprint density at radius 1 is 1.41 bits per heavy atom. The monoisotopic (exact) mass is 291 g/mol. The molecule has 0 bridgehead atoms. The van der Waals surface area contributed by atoms with Crippen molar-refractivity contribution in [2.45, 2.75) is 25.3 Å². The van der Waals surface area contributed by atoms with Gasteiger partial charge in [0.2, 0.25) is 0 Å². The number of benzene rings is 1. The number of hydrogen-bond donors (Lipinski definition) is 0. The van der Waals surface area contributed by atoms with Gasteiger partial charge in [0.15, 0.2) is 0 Å². The molecule has 0 saturated heterocycles. The van der Waals surface area contributed by atoms with Crippen molar-refractivity contribution in [3.63, 3.8) is 0 Å². The van der Waals surface area contributed by atoms with E-state index in [2.05, 4.69) is 31.2 Å². The normalized spacial score (nSPS) is 12.5. The molecule has 1 aromatic carbocycles. The second kappa shape index (κ2) is 7.40. The molecule has 0 aromatic heterocycles. The molecule has 0 fully saturated rings. The van der Waals surface area contributed by atoms with Gasteiger partial charge in [-0.25, -0.2) is 0 Å². The van der Waals surface area contributed by atoms with Gasteiger partial charge in [0.25, 0.3) is 0 Å². The maximum Gasteiger partial charge on any atom is 0.0509 e. The zero-order valence-corrected chi connectivity index (χ0v) is 12.9. The van der Waals surface area contributed by atoms with Crippen molar-refractivity contribution in [1.82, 2.24) is 0 Å². The van der Waals surface area contributed by atoms with Gasteiger partial charge in [0.05, 0.1) is 5.88 Å². The number of thioether (sulfide) groups is 1. The van der Waals surface area contributed by atoms with Crippen LogP contribution < -0.4 is 4.90 Å². The Hall–Kier alpha value is -0.0500. The van der Waals surface area contributed by atoms with Crippen LogP contribution in [0.3, 0.4) is 0 Å². The molecule has 17 heavy (non-hydrogen) atoms. The van der Waals surface area contributed by atoms with E-state index in [1.165, 1.54) is 5.75 Å². The number of rotatable bonds is 6. The van der Waals surface area contributed by atoms with E-state index in [1.54, 1.807) is 0 Å². The molecule has 0 N–H and O–H groups in total. The molecule has 1 rings (SSSR count). The van der Waals surface area contributed by atoms with Crippen molar-refractivity contribution in [3.05, 3.63) is 28.8 Å². The van der Waals surface area contributed by atoms with Gasteiger partial charge in [-0.15, -0.1) is 11.6 Å². The standard InChI is InChI=1S/C13H19Cl2NS/c1-10(7-8-17-3)16(2)13-6-4-5-12(15)11(13)9-14/h4-6,10H,7-9H2,1-3H3. The fourth-order valence-electron chi connectivity index (χ4n) is 1.73. The summed E-state index contributed by atoms with van der Waals surface area (Å²) in [6.45, 7) is 2.23. The van der Waals surface area contributed by atoms with E-state index in [4.69, 9.17) is 23.2 Å². The lowest BCUT2D eigenvalue weighted by molar-refractivity contribution is 0.668. The van der Waals surface area contributed by atoms with Crippen LogP contribution in [-0.4, -0.2) is 25.1 Å². The number of alkyl halides is 1. The van der Waals surface area contributed by atoms with Crippen LogP contribution in [0.15, 0.2) is 18.2 Å². The SMILES string of the molecule is CSCCC(C)N(C)c1cccc(Cl)c1CCl. The number of nitrogens with zero attached hydrogens (tertiary/aromatic N) is 1. The van der Waals surface area contributed by atoms with Crippen LogP contribution in [0.25, 0.3) is 0 Å². The summed E-state index contributed by atoms with van der Waals surface area (Å²) in [6, 6.07) is 6.44. The average molecular weight is 292 g/mol. The van der Waals surface area contributed by atoms with Gasteiger partial charge >= 0.3 is 0 Å². The van der Waals surface area contributed by atoms with E-state index >= 15 is 0 Å². The van der Waals surface area contributed by atoms with Crippen molar-refractivity contribution in [1.29, 1.82) is 0 Å². The molecule has 1 aromatic rings. The summed E-state index contributed by atoms with van der Waals surface area (Å²) < 4.78 is 0. The van der Waals surface area contributed by atoms with Crippen LogP contribution in [-0.2, 0) is 5.88 Å². The van der Waals surface area contributed by atoms with Crippen LogP contribution in [0.4, 0.5) is 5.69 Å². The molecule has 0 radical (unpaired) electrons. The summed E-state index contributed by atoms with van der Waals surface area (Å²) in [5, 5.41) is 0.751. The second-order valence-corrected chi connectivity index (χ2v) is 5.77. The van der Waals surface area contributed by atoms with Crippen LogP contribution >= 0.6 is 35.0 Å². The molecule has 96 valence electrons. The lowest BCUT2D eigenvalue weighted by Gasteiger charge is -2.29. The Labute approximate surface area is 118 Å². The minimum absolute atomic E-state index is 0.453. The molecule has 0 aliphatic rings. The van der Waals surface area contributed by atoms with Crippen molar-refractivity contribution >= 4 is 40.7 Å². The highest BCUT2D eigenvalue weighted by atomic mass is 35.5. The Morgan fingerprint density at radius 3 is 2.71 bits per heavy atom. The lowest BCUT2D eigenvalue weighted by Crippen LogP contribution is -2.30. The maximum absolute atomic E-state index is 6.17. The molecule has 0 aliphatic carbocycles. The first-order valence-corrected chi connectivity index (χ1v) is 7.97. The summed E-state index contributed by atoms with van der Waals surface area (Å²) in [5.74, 6) is 1.62. The zero-order chi connectivity index (χ0) is 12.8. The molecular formula is C13H19Cl2NS. The largest absolute Gasteiger partial charge is 0.372 e. The highest BCUT2D eigenvalue weighted by Gasteiger charge is 2.14. The Kier molecular flexibility index (Phi) is 6.53. The fourth-order valence-corrected chi connectivity index (χ4v) is 2.89. The van der Waals surface area contributed by atoms with E-state index in [9.17, 15) is 0 Å². The first kappa shape index (κ1) is 15.0. The summed E-state index contributed by atoms with van der Waals surface area (Å²) in [6.07, 6.45) is 3.29. The molecule has 0 amide bonds. The molecular weight excluding hydrogens is 273 g/mol. The predicted molar refractivity (Wildman–Crippen MR) is 81.9 cm³/mol. The van der Waals surface area contributed by atoms with Crippen molar-refractivity contribution in [3.8, 4) is 0 Å². The second-order valence-electron chi connectivity index (χ2n) is 4.11. The van der Waals surface area contributed by atoms with Gasteiger partial charge in [-0.2, -0.15) is 11.8 Å². The van der Waals surface area contributed by atoms with E-state index in [-0.39, 0.29) is 0 Å². The summed E-state index contributed by atoms with van der Waals surface area (Å²) in [7, 11) is 2.10. The van der Waals surface area contributed by atoms with E-state index in [0.29, 0.717) is 11.9 Å². The Morgan fingerprint density at radius 2 is 2.12 bits per heavy atom. The van der Waals surface area contributed by atoms with Crippen LogP contribution in [0.1, 0.15) is 18.9 Å². The first-order chi connectivity index (χ1) is 8.11. The summed E-state index contributed by atoms with van der Waals surface area (Å²) in [5.41, 5.74) is 2.16. The minimum atomic E-state index is 0.453. The minimum Gasteiger partial charge on any atom is -0.372 e. The van der Waals surface area contributed by atoms with Gasteiger partial charge in [-0.1, -0.05) is 17.7 Å². The predicted octanol–water partition coefficient (Wildman–Crippen LogP) is 4.66. The maximum atomic E-state index is 6.17. The summed E-state index contributed by atoms with van der Waals surface area (Å²) in [4.78, 5) is 2.26. The molecule has 1 atom stereocenters. The van der Waals surface area contributed by atoms with Crippen LogP contribution in [0.5, 0.6) is 0 Å². The molecule has 1 unspecified atom stereocenters. The van der Waals surface area contributed by atoms with Crippen molar-refractivity contribution in [2.75, 3.05) is 24.0 Å². The lowest BCUT2D eigenvalue weighted by atomic mass is 10.1. The zero-order valence-electron chi connectivity index (χ0n) is 10.5. The van der Waals surface area contributed by atoms with Gasteiger partial charge < -0.3 is 4.90 Å². The highest BCUT2D eigenvalue weighted by Crippen LogP contribution is 2.30. The van der Waals surface area contributed by atoms with E-state index in [0.717, 1.165) is 22.7 Å². The smallest absolute Gasteiger partial charge is 0.0509 e. The van der Waals surface area contributed by atoms with Crippen LogP contribution in [0, 0.1) is 0 Å². The molecule has 0 heterocycles. The molecule has 0 spiro atoms. The Balaban J connectivity index is 2.87. The quantitative estimate of drug-likeness (QED) is 0.702. The average Bonchev–Trinajstić information content (AvgIpc) is 2.34. The van der Waals surface area contributed by atoms with Gasteiger partial charge in [0, 0.05) is 29.4 Å². The molecule has 0 saturated carbocycles. The Bertz CT molecular complexity index is 357. The van der Waals surface area contributed by atoms with Gasteiger partial charge in [0.1, 0.15) is 0 Å².